The van der Waals surface area contributed by atoms with E-state index in [1.165, 1.54) is 7.11 Å². The van der Waals surface area contributed by atoms with E-state index >= 15 is 0 Å². The second-order valence-corrected chi connectivity index (χ2v) is 5.98. The van der Waals surface area contributed by atoms with Gasteiger partial charge < -0.3 is 28.8 Å². The molecular weight excluding hydrogens is 332 g/mol. The summed E-state index contributed by atoms with van der Waals surface area (Å²) >= 11 is 0. The fourth-order valence-corrected chi connectivity index (χ4v) is 2.82. The molecule has 1 N–H and O–H groups in total. The monoisotopic (exact) mass is 352 g/mol. The highest BCUT2D eigenvalue weighted by molar-refractivity contribution is 5.93. The molecule has 0 aliphatic carbocycles. The van der Waals surface area contributed by atoms with E-state index < -0.39 is 43.0 Å². The highest BCUT2D eigenvalue weighted by atomic mass is 16.8. The standard InChI is InChI=1S/C17H20O8/c1-8(4-6-10(18)9(2)21-3)5-7-11-22-15-14-13(25-17(15)23-11)12(19)16(20)24-14/h4-5,7,11-15,17,19H,2,6H2,1,3H3/b7-5+,8-4+. The molecule has 6 unspecified atom stereocenters. The Bertz CT molecular complexity index is 637. The largest absolute Gasteiger partial charge is 0.494 e. The highest BCUT2D eigenvalue weighted by Crippen LogP contribution is 2.39. The number of allylic oxidation sites excluding steroid dienone is 4. The number of aliphatic hydroxyl groups excluding tert-OH is 1. The number of hydrogen-bond donors (Lipinski definition) is 1. The number of aliphatic hydroxyl groups is 1. The third kappa shape index (κ3) is 3.52. The lowest BCUT2D eigenvalue weighted by Gasteiger charge is -2.13. The maximum Gasteiger partial charge on any atom is 0.338 e. The maximum absolute atomic E-state index is 11.6. The van der Waals surface area contributed by atoms with Gasteiger partial charge in [-0.1, -0.05) is 24.3 Å². The van der Waals surface area contributed by atoms with Crippen LogP contribution in [0.1, 0.15) is 13.3 Å². The third-order valence-corrected chi connectivity index (χ3v) is 4.25. The van der Waals surface area contributed by atoms with Crippen molar-refractivity contribution in [1.29, 1.82) is 0 Å². The SMILES string of the molecule is C=C(OC)C(=O)C/C=C(C)/C=C/C1OC2OC3C(O)C(=O)OC3C2O1. The molecule has 0 saturated carbocycles. The molecule has 3 saturated heterocycles. The average molecular weight is 352 g/mol. The first kappa shape index (κ1) is 17.8. The van der Waals surface area contributed by atoms with E-state index in [-0.39, 0.29) is 18.0 Å². The average Bonchev–Trinajstić information content (AvgIpc) is 3.22. The van der Waals surface area contributed by atoms with Gasteiger partial charge in [0.05, 0.1) is 7.11 Å². The molecular formula is C17H20O8. The first-order valence-corrected chi connectivity index (χ1v) is 7.86. The predicted octanol–water partition coefficient (Wildman–Crippen LogP) is 0.361. The minimum atomic E-state index is -1.30. The lowest BCUT2D eigenvalue weighted by Crippen LogP contribution is -2.33. The zero-order chi connectivity index (χ0) is 18.1. The summed E-state index contributed by atoms with van der Waals surface area (Å²) in [4.78, 5) is 23.0. The minimum absolute atomic E-state index is 0.114. The van der Waals surface area contributed by atoms with Crippen molar-refractivity contribution in [1.82, 2.24) is 0 Å². The zero-order valence-corrected chi connectivity index (χ0v) is 13.9. The summed E-state index contributed by atoms with van der Waals surface area (Å²) in [6.45, 7) is 5.33. The van der Waals surface area contributed by atoms with Crippen molar-refractivity contribution < 1.29 is 38.4 Å². The van der Waals surface area contributed by atoms with Crippen LogP contribution in [-0.2, 0) is 33.3 Å². The van der Waals surface area contributed by atoms with Gasteiger partial charge in [-0.15, -0.1) is 0 Å². The molecule has 0 amide bonds. The molecule has 0 spiro atoms. The molecule has 25 heavy (non-hydrogen) atoms. The van der Waals surface area contributed by atoms with Crippen molar-refractivity contribution in [3.05, 3.63) is 36.1 Å². The van der Waals surface area contributed by atoms with Crippen LogP contribution in [0.25, 0.3) is 0 Å². The van der Waals surface area contributed by atoms with Crippen molar-refractivity contribution in [2.75, 3.05) is 7.11 Å². The molecule has 3 rings (SSSR count). The van der Waals surface area contributed by atoms with Crippen molar-refractivity contribution >= 4 is 11.8 Å². The lowest BCUT2D eigenvalue weighted by atomic mass is 10.1. The molecule has 0 radical (unpaired) electrons. The summed E-state index contributed by atoms with van der Waals surface area (Å²) in [5, 5.41) is 9.65. The molecule has 8 nitrogen and oxygen atoms in total. The van der Waals surface area contributed by atoms with Gasteiger partial charge in [0.15, 0.2) is 42.4 Å². The molecule has 3 aliphatic rings. The van der Waals surface area contributed by atoms with Crippen molar-refractivity contribution in [2.24, 2.45) is 0 Å². The van der Waals surface area contributed by atoms with E-state index in [0.717, 1.165) is 5.57 Å². The number of esters is 1. The normalized spacial score (nSPS) is 37.1. The fraction of sp³-hybridized carbons (Fsp3) is 0.529. The molecule has 3 fully saturated rings. The van der Waals surface area contributed by atoms with Crippen LogP contribution in [0.4, 0.5) is 0 Å². The van der Waals surface area contributed by atoms with E-state index in [9.17, 15) is 14.7 Å². The molecule has 0 aromatic carbocycles. The summed E-state index contributed by atoms with van der Waals surface area (Å²) < 4.78 is 26.6. The first-order chi connectivity index (χ1) is 11.9. The number of carbonyl (C=O) groups excluding carboxylic acids is 2. The van der Waals surface area contributed by atoms with E-state index in [0.29, 0.717) is 0 Å². The number of Topliss-reactive ketones (excluding diaryl/α,β-unsaturated/α-hetero) is 1. The maximum atomic E-state index is 11.6. The number of methoxy groups -OCH3 is 1. The summed E-state index contributed by atoms with van der Waals surface area (Å²) in [6.07, 6.45) is 0.685. The van der Waals surface area contributed by atoms with Crippen LogP contribution in [-0.4, -0.2) is 61.0 Å². The minimum Gasteiger partial charge on any atom is -0.494 e. The summed E-state index contributed by atoms with van der Waals surface area (Å²) in [5.74, 6) is -0.792. The number of carbonyl (C=O) groups is 2. The molecule has 136 valence electrons. The van der Waals surface area contributed by atoms with E-state index in [1.807, 2.05) is 6.92 Å². The lowest BCUT2D eigenvalue weighted by molar-refractivity contribution is -0.160. The van der Waals surface area contributed by atoms with E-state index in [2.05, 4.69) is 6.58 Å². The molecule has 3 aliphatic heterocycles. The zero-order valence-electron chi connectivity index (χ0n) is 13.9. The van der Waals surface area contributed by atoms with Gasteiger partial charge in [-0.3, -0.25) is 4.79 Å². The Hall–Kier alpha value is -2.00. The van der Waals surface area contributed by atoms with Gasteiger partial charge in [0, 0.05) is 6.42 Å². The summed E-state index contributed by atoms with van der Waals surface area (Å²) in [5.41, 5.74) is 0.836. The quantitative estimate of drug-likeness (QED) is 0.317. The van der Waals surface area contributed by atoms with Gasteiger partial charge in [-0.05, 0) is 13.0 Å². The van der Waals surface area contributed by atoms with E-state index in [1.54, 1.807) is 18.2 Å². The number of ketones is 1. The second-order valence-electron chi connectivity index (χ2n) is 5.98. The second kappa shape index (κ2) is 7.09. The molecule has 6 atom stereocenters. The van der Waals surface area contributed by atoms with Crippen LogP contribution in [0, 0.1) is 0 Å². The van der Waals surface area contributed by atoms with Gasteiger partial charge in [0.2, 0.25) is 0 Å². The molecule has 3 heterocycles. The van der Waals surface area contributed by atoms with Crippen LogP contribution in [0.2, 0.25) is 0 Å². The Morgan fingerprint density at radius 1 is 1.28 bits per heavy atom. The number of rotatable bonds is 6. The van der Waals surface area contributed by atoms with Gasteiger partial charge in [0.1, 0.15) is 6.10 Å². The Balaban J connectivity index is 1.52. The Kier molecular flexibility index (Phi) is 5.05. The fourth-order valence-electron chi connectivity index (χ4n) is 2.82. The molecule has 0 bridgehead atoms. The third-order valence-electron chi connectivity index (χ3n) is 4.25. The Labute approximate surface area is 144 Å². The van der Waals surface area contributed by atoms with Crippen LogP contribution in [0.5, 0.6) is 0 Å². The number of fused-ring (bicyclic) bond motifs is 3. The smallest absolute Gasteiger partial charge is 0.338 e. The number of ether oxygens (including phenoxy) is 5. The van der Waals surface area contributed by atoms with Gasteiger partial charge in [-0.2, -0.15) is 0 Å². The summed E-state index contributed by atoms with van der Waals surface area (Å²) in [6, 6.07) is 0. The van der Waals surface area contributed by atoms with Gasteiger partial charge >= 0.3 is 5.97 Å². The van der Waals surface area contributed by atoms with E-state index in [4.69, 9.17) is 23.7 Å². The molecule has 8 heteroatoms. The van der Waals surface area contributed by atoms with Gasteiger partial charge in [-0.25, -0.2) is 4.79 Å². The Morgan fingerprint density at radius 2 is 2.04 bits per heavy atom. The summed E-state index contributed by atoms with van der Waals surface area (Å²) in [7, 11) is 1.40. The van der Waals surface area contributed by atoms with Crippen molar-refractivity contribution in [3.8, 4) is 0 Å². The molecule has 0 aromatic heterocycles. The van der Waals surface area contributed by atoms with Crippen LogP contribution < -0.4 is 0 Å². The predicted molar refractivity (Wildman–Crippen MR) is 83.0 cm³/mol. The Morgan fingerprint density at radius 3 is 2.76 bits per heavy atom. The topological polar surface area (TPSA) is 101 Å². The van der Waals surface area contributed by atoms with Gasteiger partial charge in [0.25, 0.3) is 0 Å². The van der Waals surface area contributed by atoms with Crippen LogP contribution in [0.15, 0.2) is 36.1 Å². The van der Waals surface area contributed by atoms with Crippen molar-refractivity contribution in [2.45, 2.75) is 50.3 Å². The van der Waals surface area contributed by atoms with Crippen LogP contribution in [0.3, 0.4) is 0 Å². The number of hydrogen-bond acceptors (Lipinski definition) is 8. The molecule has 0 aromatic rings. The highest BCUT2D eigenvalue weighted by Gasteiger charge is 2.61. The van der Waals surface area contributed by atoms with Crippen LogP contribution >= 0.6 is 0 Å². The first-order valence-electron chi connectivity index (χ1n) is 7.86. The van der Waals surface area contributed by atoms with Crippen molar-refractivity contribution in [3.63, 3.8) is 0 Å².